The minimum absolute atomic E-state index is 0.465. The smallest absolute Gasteiger partial charge is 0.00987 e. The molecule has 0 amide bonds. The van der Waals surface area contributed by atoms with E-state index in [-0.39, 0.29) is 0 Å². The van der Waals surface area contributed by atoms with E-state index in [0.717, 1.165) is 25.7 Å². The molecule has 14 rings (SSSR count). The van der Waals surface area contributed by atoms with E-state index in [1.165, 1.54) is 183 Å². The van der Waals surface area contributed by atoms with E-state index in [1.807, 2.05) is 0 Å². The number of allylic oxidation sites excluding steroid dienone is 3. The van der Waals surface area contributed by atoms with Gasteiger partial charge in [-0.1, -0.05) is 396 Å². The Morgan fingerprint density at radius 2 is 0.542 bits per heavy atom. The Morgan fingerprint density at radius 3 is 0.916 bits per heavy atom. The standard InChI is InChI=1S/C107H100/c1-4-80(50-60-91(88-38-21-12-22-39-88)59-49-79(3)86-66-69-94(70-67-86)92-61-51-83(52-62-92)57-77-106-100-45-27-23-41-96(100)104(97-42-24-28-46-101(97)106)75-55-81-32-14-9-15-33-81)31-13-7-6-8-18-40-89(87-36-19-11-20-37-87)68-65-85(5-2)90-71-73-95(74-72-90)93-63-53-84(54-64-93)58-78-107-102-47-29-25-43-98(102)105(99-44-26-30-48-103(99)107)76-56-82-34-16-10-17-35-82/h4,6,8-12,14-17,19-30,32-39,41-48,51-58,61-64,66-67,69-80,85,89,91H,1,5,7,13,18,31,40,49-50,59-60,65,68H2,2-3H3/b8-6+,75-55+,76-56+,77-57+,78-58+. The molecule has 0 saturated heterocycles. The first-order valence-electron chi connectivity index (χ1n) is 39.4. The van der Waals surface area contributed by atoms with Gasteiger partial charge in [-0.15, -0.1) is 6.58 Å². The molecule has 0 nitrogen and oxygen atoms in total. The molecule has 0 fully saturated rings. The van der Waals surface area contributed by atoms with Crippen LogP contribution in [0.2, 0.25) is 0 Å². The van der Waals surface area contributed by atoms with Crippen molar-refractivity contribution in [3.8, 4) is 22.3 Å². The molecule has 0 aliphatic rings. The molecule has 528 valence electrons. The number of fused-ring (bicyclic) bond motifs is 4. The summed E-state index contributed by atoms with van der Waals surface area (Å²) >= 11 is 0. The van der Waals surface area contributed by atoms with Gasteiger partial charge in [0.2, 0.25) is 0 Å². The van der Waals surface area contributed by atoms with E-state index in [9.17, 15) is 0 Å². The van der Waals surface area contributed by atoms with Crippen LogP contribution in [-0.4, -0.2) is 0 Å². The number of benzene rings is 14. The molecule has 0 heterocycles. The molecular weight excluding hydrogens is 1290 g/mol. The molecule has 107 heavy (non-hydrogen) atoms. The van der Waals surface area contributed by atoms with Crippen molar-refractivity contribution in [1.29, 1.82) is 0 Å². The summed E-state index contributed by atoms with van der Waals surface area (Å²) in [5.41, 5.74) is 20.6. The summed E-state index contributed by atoms with van der Waals surface area (Å²) < 4.78 is 0. The van der Waals surface area contributed by atoms with Crippen LogP contribution in [0, 0.1) is 5.92 Å². The summed E-state index contributed by atoms with van der Waals surface area (Å²) in [6.45, 7) is 9.15. The first-order valence-corrected chi connectivity index (χ1v) is 39.4. The predicted octanol–water partition coefficient (Wildman–Crippen LogP) is 30.8. The number of hydrogen-bond acceptors (Lipinski definition) is 0. The molecule has 0 radical (unpaired) electrons. The molecule has 0 aliphatic heterocycles. The lowest BCUT2D eigenvalue weighted by Crippen LogP contribution is -2.06. The van der Waals surface area contributed by atoms with Crippen LogP contribution in [0.25, 0.3) is 114 Å². The third-order valence-electron chi connectivity index (χ3n) is 22.6. The van der Waals surface area contributed by atoms with Crippen LogP contribution in [-0.2, 0) is 0 Å². The highest BCUT2D eigenvalue weighted by molar-refractivity contribution is 6.16. The van der Waals surface area contributed by atoms with Crippen molar-refractivity contribution < 1.29 is 0 Å². The molecule has 0 saturated carbocycles. The van der Waals surface area contributed by atoms with Gasteiger partial charge >= 0.3 is 0 Å². The second kappa shape index (κ2) is 36.5. The zero-order chi connectivity index (χ0) is 72.8. The first kappa shape index (κ1) is 72.5. The van der Waals surface area contributed by atoms with Gasteiger partial charge in [0.1, 0.15) is 0 Å². The quantitative estimate of drug-likeness (QED) is 0.0171. The fourth-order valence-electron chi connectivity index (χ4n) is 16.3. The fourth-order valence-corrected chi connectivity index (χ4v) is 16.3. The number of unbranched alkanes of at least 4 members (excludes halogenated alkanes) is 1. The van der Waals surface area contributed by atoms with Gasteiger partial charge in [-0.3, -0.25) is 0 Å². The highest BCUT2D eigenvalue weighted by atomic mass is 14.2. The zero-order valence-electron chi connectivity index (χ0n) is 62.5. The Balaban J connectivity index is 0.536. The molecule has 0 aromatic heterocycles. The van der Waals surface area contributed by atoms with E-state index in [2.05, 4.69) is 403 Å². The maximum Gasteiger partial charge on any atom is -0.00987 e. The lowest BCUT2D eigenvalue weighted by atomic mass is 9.83. The van der Waals surface area contributed by atoms with Crippen molar-refractivity contribution in [2.45, 2.75) is 115 Å². The van der Waals surface area contributed by atoms with E-state index in [4.69, 9.17) is 0 Å². The third-order valence-corrected chi connectivity index (χ3v) is 22.6. The second-order valence-electron chi connectivity index (χ2n) is 29.4. The zero-order valence-corrected chi connectivity index (χ0v) is 62.5. The van der Waals surface area contributed by atoms with Gasteiger partial charge in [0.25, 0.3) is 0 Å². The maximum atomic E-state index is 4.37. The largest absolute Gasteiger partial charge is 0.103 e. The first-order chi connectivity index (χ1) is 52.9. The van der Waals surface area contributed by atoms with Crippen LogP contribution < -0.4 is 0 Å². The molecule has 14 aromatic rings. The summed E-state index contributed by atoms with van der Waals surface area (Å²) in [6, 6.07) is 116. The van der Waals surface area contributed by atoms with Gasteiger partial charge in [-0.05, 0) is 239 Å². The van der Waals surface area contributed by atoms with Gasteiger partial charge in [0.15, 0.2) is 0 Å². The Hall–Kier alpha value is -11.4. The highest BCUT2D eigenvalue weighted by Crippen LogP contribution is 2.41. The second-order valence-corrected chi connectivity index (χ2v) is 29.4. The van der Waals surface area contributed by atoms with Gasteiger partial charge in [0, 0.05) is 0 Å². The van der Waals surface area contributed by atoms with Crippen molar-refractivity contribution in [1.82, 2.24) is 0 Å². The minimum Gasteiger partial charge on any atom is -0.103 e. The molecule has 0 N–H and O–H groups in total. The summed E-state index contributed by atoms with van der Waals surface area (Å²) in [7, 11) is 0. The van der Waals surface area contributed by atoms with Crippen LogP contribution in [0.3, 0.4) is 0 Å². The SMILES string of the molecule is C=CC(CCC/C=C/CCC(CCC(CC)c1ccc(-c2ccc(/C=C/c3c4ccccc4c(/C=C/c4ccccc4)c4ccccc34)cc2)cc1)c1ccccc1)CCC(CCC(C)c1ccc(-c2ccc(/C=C/c3c4ccccc4c(/C=C/c4ccccc4)c4ccccc34)cc2)cc1)c1ccccc1. The molecule has 0 heteroatoms. The predicted molar refractivity (Wildman–Crippen MR) is 469 cm³/mol. The maximum absolute atomic E-state index is 4.37. The number of hydrogen-bond donors (Lipinski definition) is 0. The average Bonchev–Trinajstić information content (AvgIpc) is 0.760. The van der Waals surface area contributed by atoms with Crippen LogP contribution >= 0.6 is 0 Å². The summed E-state index contributed by atoms with van der Waals surface area (Å²) in [4.78, 5) is 0. The Kier molecular flexibility index (Phi) is 24.7. The van der Waals surface area contributed by atoms with E-state index in [0.29, 0.717) is 29.6 Å². The third kappa shape index (κ3) is 18.4. The summed E-state index contributed by atoms with van der Waals surface area (Å²) in [5, 5.41) is 10.1. The van der Waals surface area contributed by atoms with Gasteiger partial charge < -0.3 is 0 Å². The normalized spacial score (nSPS) is 13.4. The summed E-state index contributed by atoms with van der Waals surface area (Å²) in [5.74, 6) is 2.57. The highest BCUT2D eigenvalue weighted by Gasteiger charge is 2.20. The Labute approximate surface area is 637 Å². The fraction of sp³-hybridized carbons (Fsp3) is 0.178. The number of rotatable bonds is 32. The minimum atomic E-state index is 0.465. The van der Waals surface area contributed by atoms with E-state index in [1.54, 1.807) is 0 Å². The average molecular weight is 1390 g/mol. The van der Waals surface area contributed by atoms with Crippen molar-refractivity contribution in [3.63, 3.8) is 0 Å². The molecule has 0 aliphatic carbocycles. The lowest BCUT2D eigenvalue weighted by Gasteiger charge is -2.22. The Bertz CT molecular complexity index is 5230. The van der Waals surface area contributed by atoms with Crippen molar-refractivity contribution in [2.75, 3.05) is 0 Å². The monoisotopic (exact) mass is 1380 g/mol. The van der Waals surface area contributed by atoms with Crippen molar-refractivity contribution >= 4 is 91.7 Å². The molecule has 5 unspecified atom stereocenters. The van der Waals surface area contributed by atoms with Crippen LogP contribution in [0.15, 0.2) is 340 Å². The van der Waals surface area contributed by atoms with Crippen LogP contribution in [0.5, 0.6) is 0 Å². The van der Waals surface area contributed by atoms with Crippen LogP contribution in [0.4, 0.5) is 0 Å². The molecule has 5 atom stereocenters. The lowest BCUT2D eigenvalue weighted by molar-refractivity contribution is 0.444. The van der Waals surface area contributed by atoms with Crippen molar-refractivity contribution in [2.24, 2.45) is 5.92 Å². The van der Waals surface area contributed by atoms with Gasteiger partial charge in [-0.2, -0.15) is 0 Å². The van der Waals surface area contributed by atoms with E-state index < -0.39 is 0 Å². The van der Waals surface area contributed by atoms with Crippen LogP contribution in [0.1, 0.15) is 181 Å². The van der Waals surface area contributed by atoms with Crippen molar-refractivity contribution in [3.05, 3.63) is 407 Å². The van der Waals surface area contributed by atoms with E-state index >= 15 is 0 Å². The van der Waals surface area contributed by atoms with Gasteiger partial charge in [-0.25, -0.2) is 0 Å². The van der Waals surface area contributed by atoms with Gasteiger partial charge in [0.05, 0.1) is 0 Å². The topological polar surface area (TPSA) is 0 Å². The summed E-state index contributed by atoms with van der Waals surface area (Å²) in [6.07, 6.45) is 39.3. The Morgan fingerprint density at radius 1 is 0.252 bits per heavy atom. The molecular formula is C107H100. The molecule has 14 aromatic carbocycles. The molecule has 0 spiro atoms. The molecule has 0 bridgehead atoms.